The van der Waals surface area contributed by atoms with Gasteiger partial charge in [-0.3, -0.25) is 4.79 Å². The minimum Gasteiger partial charge on any atom is -0.352 e. The van der Waals surface area contributed by atoms with Crippen molar-refractivity contribution in [2.45, 2.75) is 63.0 Å². The number of hydrogen-bond donors (Lipinski definition) is 0. The van der Waals surface area contributed by atoms with Gasteiger partial charge in [-0.15, -0.1) is 5.10 Å². The van der Waals surface area contributed by atoms with Gasteiger partial charge in [0.25, 0.3) is 0 Å². The summed E-state index contributed by atoms with van der Waals surface area (Å²) in [4.78, 5) is 16.8. The summed E-state index contributed by atoms with van der Waals surface area (Å²) >= 11 is 0. The SMILES string of the molecule is O=C(CCCC[C@@H]1CCSS1)N1CCN(c2cc3c(nn2)CCCC3)CC1. The van der Waals surface area contributed by atoms with Crippen LogP contribution in [0.25, 0.3) is 0 Å². The predicted molar refractivity (Wildman–Crippen MR) is 114 cm³/mol. The number of aromatic nitrogens is 2. The number of unbranched alkanes of at least 4 members (excludes halogenated alkanes) is 1. The molecule has 2 saturated heterocycles. The molecule has 2 fully saturated rings. The molecule has 0 spiro atoms. The quantitative estimate of drug-likeness (QED) is 0.530. The molecule has 1 atom stereocenters. The second-order valence-electron chi connectivity index (χ2n) is 7.82. The highest BCUT2D eigenvalue weighted by molar-refractivity contribution is 8.77. The Morgan fingerprint density at radius 3 is 2.78 bits per heavy atom. The number of anilines is 1. The van der Waals surface area contributed by atoms with E-state index >= 15 is 0 Å². The Kier molecular flexibility index (Phi) is 6.82. The first-order valence-corrected chi connectivity index (χ1v) is 12.8. The fourth-order valence-electron chi connectivity index (χ4n) is 4.19. The molecule has 27 heavy (non-hydrogen) atoms. The van der Waals surface area contributed by atoms with Crippen LogP contribution in [-0.2, 0) is 17.6 Å². The van der Waals surface area contributed by atoms with Crippen molar-refractivity contribution in [2.24, 2.45) is 0 Å². The molecule has 0 aromatic carbocycles. The highest BCUT2D eigenvalue weighted by atomic mass is 33.1. The van der Waals surface area contributed by atoms with E-state index in [1.807, 2.05) is 26.5 Å². The maximum atomic E-state index is 12.5. The summed E-state index contributed by atoms with van der Waals surface area (Å²) in [5.41, 5.74) is 2.57. The molecule has 0 unspecified atom stereocenters. The summed E-state index contributed by atoms with van der Waals surface area (Å²) in [6.07, 6.45) is 10.3. The van der Waals surface area contributed by atoms with Crippen LogP contribution in [-0.4, -0.2) is 58.2 Å². The minimum absolute atomic E-state index is 0.333. The number of rotatable bonds is 6. The fourth-order valence-corrected chi connectivity index (χ4v) is 7.22. The van der Waals surface area contributed by atoms with Gasteiger partial charge in [0.2, 0.25) is 5.91 Å². The molecule has 0 N–H and O–H groups in total. The summed E-state index contributed by atoms with van der Waals surface area (Å²) < 4.78 is 0. The number of carbonyl (C=O) groups excluding carboxylic acids is 1. The van der Waals surface area contributed by atoms with E-state index in [2.05, 4.69) is 21.2 Å². The predicted octanol–water partition coefficient (Wildman–Crippen LogP) is 3.72. The van der Waals surface area contributed by atoms with Gasteiger partial charge in [0, 0.05) is 43.6 Å². The zero-order chi connectivity index (χ0) is 18.5. The molecule has 1 aromatic rings. The lowest BCUT2D eigenvalue weighted by molar-refractivity contribution is -0.131. The third kappa shape index (κ3) is 5.11. The highest BCUT2D eigenvalue weighted by Gasteiger charge is 2.23. The highest BCUT2D eigenvalue weighted by Crippen LogP contribution is 2.39. The molecule has 148 valence electrons. The average Bonchev–Trinajstić information content (AvgIpc) is 3.24. The Bertz CT molecular complexity index is 643. The summed E-state index contributed by atoms with van der Waals surface area (Å²) in [5, 5.41) is 9.73. The van der Waals surface area contributed by atoms with Gasteiger partial charge in [-0.05, 0) is 56.6 Å². The fraction of sp³-hybridized carbons (Fsp3) is 0.750. The monoisotopic (exact) mass is 406 g/mol. The number of hydrogen-bond acceptors (Lipinski definition) is 6. The van der Waals surface area contributed by atoms with Crippen molar-refractivity contribution < 1.29 is 4.79 Å². The van der Waals surface area contributed by atoms with E-state index in [1.54, 1.807) is 0 Å². The second kappa shape index (κ2) is 9.50. The smallest absolute Gasteiger partial charge is 0.222 e. The number of aryl methyl sites for hydroxylation is 2. The van der Waals surface area contributed by atoms with E-state index in [0.717, 1.165) is 56.5 Å². The van der Waals surface area contributed by atoms with E-state index in [1.165, 1.54) is 49.1 Å². The molecular weight excluding hydrogens is 376 g/mol. The van der Waals surface area contributed by atoms with E-state index < -0.39 is 0 Å². The van der Waals surface area contributed by atoms with Crippen molar-refractivity contribution in [2.75, 3.05) is 36.8 Å². The van der Waals surface area contributed by atoms with Gasteiger partial charge >= 0.3 is 0 Å². The standard InChI is InChI=1S/C20H30N4OS2/c25-20(8-4-2-6-17-9-14-26-27-17)24-12-10-23(11-13-24)19-15-16-5-1-3-7-18(16)21-22-19/h15,17H,1-14H2/t17-/m1/s1. The normalized spacial score (nSPS) is 22.7. The van der Waals surface area contributed by atoms with E-state index in [9.17, 15) is 4.79 Å². The van der Waals surface area contributed by atoms with Crippen LogP contribution in [0.3, 0.4) is 0 Å². The molecule has 5 nitrogen and oxygen atoms in total. The molecule has 0 radical (unpaired) electrons. The minimum atomic E-state index is 0.333. The first-order valence-electron chi connectivity index (χ1n) is 10.5. The molecular formula is C20H30N4OS2. The lowest BCUT2D eigenvalue weighted by Crippen LogP contribution is -2.49. The Morgan fingerprint density at radius 2 is 1.96 bits per heavy atom. The van der Waals surface area contributed by atoms with Gasteiger partial charge in [0.05, 0.1) is 5.69 Å². The van der Waals surface area contributed by atoms with Crippen LogP contribution in [0.2, 0.25) is 0 Å². The molecule has 0 saturated carbocycles. The summed E-state index contributed by atoms with van der Waals surface area (Å²) in [5.74, 6) is 2.63. The van der Waals surface area contributed by atoms with Gasteiger partial charge in [0.15, 0.2) is 5.82 Å². The van der Waals surface area contributed by atoms with Gasteiger partial charge in [-0.1, -0.05) is 28.0 Å². The first-order chi connectivity index (χ1) is 13.3. The van der Waals surface area contributed by atoms with Crippen LogP contribution in [0.4, 0.5) is 5.82 Å². The number of piperazine rings is 1. The lowest BCUT2D eigenvalue weighted by atomic mass is 9.97. The van der Waals surface area contributed by atoms with Crippen LogP contribution in [0.1, 0.15) is 56.2 Å². The van der Waals surface area contributed by atoms with Crippen LogP contribution < -0.4 is 4.90 Å². The van der Waals surface area contributed by atoms with Gasteiger partial charge in [-0.2, -0.15) is 5.10 Å². The van der Waals surface area contributed by atoms with Gasteiger partial charge in [-0.25, -0.2) is 0 Å². The Balaban J connectivity index is 1.19. The van der Waals surface area contributed by atoms with E-state index in [4.69, 9.17) is 0 Å². The third-order valence-electron chi connectivity index (χ3n) is 5.91. The maximum Gasteiger partial charge on any atom is 0.222 e. The molecule has 1 aliphatic carbocycles. The number of carbonyl (C=O) groups is 1. The molecule has 7 heteroatoms. The summed E-state index contributed by atoms with van der Waals surface area (Å²) in [7, 11) is 4.04. The molecule has 4 rings (SSSR count). The molecule has 1 aromatic heterocycles. The molecule has 2 aliphatic heterocycles. The largest absolute Gasteiger partial charge is 0.352 e. The van der Waals surface area contributed by atoms with E-state index in [-0.39, 0.29) is 0 Å². The van der Waals surface area contributed by atoms with Crippen molar-refractivity contribution in [1.29, 1.82) is 0 Å². The van der Waals surface area contributed by atoms with Crippen molar-refractivity contribution >= 4 is 33.3 Å². The van der Waals surface area contributed by atoms with Crippen LogP contribution in [0.15, 0.2) is 6.07 Å². The number of fused-ring (bicyclic) bond motifs is 1. The molecule has 0 bridgehead atoms. The Hall–Kier alpha value is -0.950. The average molecular weight is 407 g/mol. The zero-order valence-corrected chi connectivity index (χ0v) is 17.7. The van der Waals surface area contributed by atoms with Crippen molar-refractivity contribution in [3.63, 3.8) is 0 Å². The molecule has 1 amide bonds. The van der Waals surface area contributed by atoms with Crippen molar-refractivity contribution in [3.8, 4) is 0 Å². The zero-order valence-electron chi connectivity index (χ0n) is 16.1. The van der Waals surface area contributed by atoms with Gasteiger partial charge in [0.1, 0.15) is 0 Å². The van der Waals surface area contributed by atoms with Gasteiger partial charge < -0.3 is 9.80 Å². The van der Waals surface area contributed by atoms with E-state index in [0.29, 0.717) is 12.3 Å². The Morgan fingerprint density at radius 1 is 1.11 bits per heavy atom. The van der Waals surface area contributed by atoms with Crippen LogP contribution in [0, 0.1) is 0 Å². The van der Waals surface area contributed by atoms with Crippen LogP contribution in [0.5, 0.6) is 0 Å². The Labute approximate surface area is 170 Å². The first kappa shape index (κ1) is 19.4. The van der Waals surface area contributed by atoms with Crippen LogP contribution >= 0.6 is 21.6 Å². The molecule has 3 heterocycles. The lowest BCUT2D eigenvalue weighted by Gasteiger charge is -2.35. The summed E-state index contributed by atoms with van der Waals surface area (Å²) in [6.45, 7) is 3.36. The number of nitrogens with zero attached hydrogens (tertiary/aromatic N) is 4. The number of amides is 1. The second-order valence-corrected chi connectivity index (χ2v) is 10.6. The molecule has 3 aliphatic rings. The summed E-state index contributed by atoms with van der Waals surface area (Å²) in [6, 6.07) is 2.23. The maximum absolute atomic E-state index is 12.5. The van der Waals surface area contributed by atoms with Crippen molar-refractivity contribution in [3.05, 3.63) is 17.3 Å². The van der Waals surface area contributed by atoms with Crippen molar-refractivity contribution in [1.82, 2.24) is 15.1 Å². The topological polar surface area (TPSA) is 49.3 Å². The third-order valence-corrected chi connectivity index (χ3v) is 8.91.